The molecule has 0 aliphatic rings. The van der Waals surface area contributed by atoms with Gasteiger partial charge in [0.25, 0.3) is 0 Å². The Kier molecular flexibility index (Phi) is 5.97. The Morgan fingerprint density at radius 2 is 1.72 bits per heavy atom. The summed E-state index contributed by atoms with van der Waals surface area (Å²) in [5.41, 5.74) is 2.82. The van der Waals surface area contributed by atoms with Crippen LogP contribution in [-0.2, 0) is 10.5 Å². The lowest BCUT2D eigenvalue weighted by molar-refractivity contribution is 0.0524. The number of aromatic nitrogens is 4. The van der Waals surface area contributed by atoms with Gasteiger partial charge < -0.3 is 10.1 Å². The smallest absolute Gasteiger partial charge is 0.341 e. The number of rotatable bonds is 7. The van der Waals surface area contributed by atoms with Gasteiger partial charge in [0.05, 0.1) is 32.7 Å². The molecule has 32 heavy (non-hydrogen) atoms. The van der Waals surface area contributed by atoms with Crippen molar-refractivity contribution in [1.82, 2.24) is 19.9 Å². The lowest BCUT2D eigenvalue weighted by atomic mass is 10.2. The molecule has 0 amide bonds. The number of thiazole rings is 2. The molecule has 5 rings (SSSR count). The first-order chi connectivity index (χ1) is 15.7. The summed E-state index contributed by atoms with van der Waals surface area (Å²) in [6.45, 7) is 2.06. The van der Waals surface area contributed by atoms with Gasteiger partial charge >= 0.3 is 5.97 Å². The molecule has 10 heteroatoms. The Labute approximate surface area is 195 Å². The van der Waals surface area contributed by atoms with Gasteiger partial charge in [-0.05, 0) is 31.2 Å². The summed E-state index contributed by atoms with van der Waals surface area (Å²) < 4.78 is 8.31. The first-order valence-electron chi connectivity index (χ1n) is 9.83. The van der Waals surface area contributed by atoms with Gasteiger partial charge in [-0.15, -0.1) is 11.3 Å². The molecule has 5 aromatic rings. The fraction of sp³-hybridized carbons (Fsp3) is 0.136. The minimum Gasteiger partial charge on any atom is -0.462 e. The van der Waals surface area contributed by atoms with Crippen LogP contribution in [0.3, 0.4) is 0 Å². The van der Waals surface area contributed by atoms with Gasteiger partial charge in [-0.3, -0.25) is 0 Å². The van der Waals surface area contributed by atoms with Crippen LogP contribution < -0.4 is 5.32 Å². The van der Waals surface area contributed by atoms with Crippen LogP contribution >= 0.6 is 34.4 Å². The van der Waals surface area contributed by atoms with Gasteiger partial charge in [0.15, 0.2) is 9.47 Å². The van der Waals surface area contributed by atoms with Crippen molar-refractivity contribution in [2.45, 2.75) is 17.0 Å². The van der Waals surface area contributed by atoms with Crippen molar-refractivity contribution < 1.29 is 9.53 Å². The van der Waals surface area contributed by atoms with Crippen molar-refractivity contribution >= 4 is 71.9 Å². The standard InChI is InChI=1S/C22H17N5O2S3/c1-2-29-19(28)13-11-23-20(27-21-25-14-7-3-5-9-17(14)31-21)24-16(13)12-30-22-26-15-8-4-6-10-18(15)32-22/h3-11H,2,12H2,1H3,(H,23,24,25,27). The number of nitrogens with one attached hydrogen (secondary N) is 1. The monoisotopic (exact) mass is 479 g/mol. The molecule has 0 aliphatic carbocycles. The lowest BCUT2D eigenvalue weighted by Gasteiger charge is -2.09. The molecular formula is C22H17N5O2S3. The van der Waals surface area contributed by atoms with Gasteiger partial charge in [-0.25, -0.2) is 24.7 Å². The van der Waals surface area contributed by atoms with E-state index in [2.05, 4.69) is 25.3 Å². The van der Waals surface area contributed by atoms with Crippen LogP contribution in [0.1, 0.15) is 23.0 Å². The lowest BCUT2D eigenvalue weighted by Crippen LogP contribution is -2.11. The number of esters is 1. The minimum atomic E-state index is -0.432. The Balaban J connectivity index is 1.41. The third-order valence-corrected chi connectivity index (χ3v) is 7.62. The molecule has 0 unspecified atom stereocenters. The normalized spacial score (nSPS) is 11.2. The molecule has 0 bridgehead atoms. The van der Waals surface area contributed by atoms with Gasteiger partial charge in [-0.1, -0.05) is 47.4 Å². The maximum Gasteiger partial charge on any atom is 0.341 e. The highest BCUT2D eigenvalue weighted by Crippen LogP contribution is 2.32. The van der Waals surface area contributed by atoms with Crippen molar-refractivity contribution in [3.63, 3.8) is 0 Å². The maximum absolute atomic E-state index is 12.4. The summed E-state index contributed by atoms with van der Waals surface area (Å²) in [6, 6.07) is 15.9. The summed E-state index contributed by atoms with van der Waals surface area (Å²) in [5, 5.41) is 3.86. The van der Waals surface area contributed by atoms with E-state index in [9.17, 15) is 4.79 Å². The molecule has 0 fully saturated rings. The van der Waals surface area contributed by atoms with Crippen LogP contribution in [0.4, 0.5) is 11.1 Å². The topological polar surface area (TPSA) is 89.9 Å². The highest BCUT2D eigenvalue weighted by atomic mass is 32.2. The molecule has 7 nitrogen and oxygen atoms in total. The number of carbonyl (C=O) groups excluding carboxylic acids is 1. The molecule has 3 aromatic heterocycles. The Morgan fingerprint density at radius 1 is 1.00 bits per heavy atom. The maximum atomic E-state index is 12.4. The molecular weight excluding hydrogens is 462 g/mol. The number of carbonyl (C=O) groups is 1. The summed E-state index contributed by atoms with van der Waals surface area (Å²) >= 11 is 4.68. The first-order valence-corrected chi connectivity index (χ1v) is 12.5. The van der Waals surface area contributed by atoms with Gasteiger partial charge in [0.1, 0.15) is 5.56 Å². The van der Waals surface area contributed by atoms with Crippen molar-refractivity contribution in [1.29, 1.82) is 0 Å². The Hall–Kier alpha value is -3.08. The molecule has 0 saturated heterocycles. The van der Waals surface area contributed by atoms with Crippen molar-refractivity contribution in [2.24, 2.45) is 0 Å². The van der Waals surface area contributed by atoms with Gasteiger partial charge in [0, 0.05) is 11.9 Å². The van der Waals surface area contributed by atoms with E-state index in [1.54, 1.807) is 18.3 Å². The van der Waals surface area contributed by atoms with Crippen LogP contribution in [0.25, 0.3) is 20.4 Å². The number of thioether (sulfide) groups is 1. The number of para-hydroxylation sites is 2. The number of nitrogens with zero attached hydrogens (tertiary/aromatic N) is 4. The minimum absolute atomic E-state index is 0.287. The molecule has 0 saturated carbocycles. The Bertz CT molecular complexity index is 1350. The van der Waals surface area contributed by atoms with Crippen LogP contribution in [0, 0.1) is 0 Å². The summed E-state index contributed by atoms with van der Waals surface area (Å²) in [6.07, 6.45) is 1.51. The van der Waals surface area contributed by atoms with Crippen molar-refractivity contribution in [3.8, 4) is 0 Å². The zero-order valence-corrected chi connectivity index (χ0v) is 19.4. The van der Waals surface area contributed by atoms with Crippen LogP contribution in [-0.4, -0.2) is 32.5 Å². The predicted octanol–water partition coefficient (Wildman–Crippen LogP) is 5.91. The quantitative estimate of drug-likeness (QED) is 0.228. The fourth-order valence-corrected chi connectivity index (χ4v) is 5.91. The van der Waals surface area contributed by atoms with Gasteiger partial charge in [0.2, 0.25) is 5.95 Å². The summed E-state index contributed by atoms with van der Waals surface area (Å²) in [7, 11) is 0. The summed E-state index contributed by atoms with van der Waals surface area (Å²) in [4.78, 5) is 30.6. The third-order valence-electron chi connectivity index (χ3n) is 4.48. The van der Waals surface area contributed by atoms with E-state index < -0.39 is 5.97 Å². The first kappa shape index (κ1) is 20.8. The Morgan fingerprint density at radius 3 is 2.44 bits per heavy atom. The average molecular weight is 480 g/mol. The van der Waals surface area contributed by atoms with Crippen LogP contribution in [0.2, 0.25) is 0 Å². The van der Waals surface area contributed by atoms with E-state index in [0.29, 0.717) is 28.1 Å². The number of fused-ring (bicyclic) bond motifs is 2. The van der Waals surface area contributed by atoms with E-state index in [4.69, 9.17) is 4.74 Å². The van der Waals surface area contributed by atoms with Crippen LogP contribution in [0.15, 0.2) is 59.1 Å². The zero-order chi connectivity index (χ0) is 21.9. The van der Waals surface area contributed by atoms with Crippen LogP contribution in [0.5, 0.6) is 0 Å². The second-order valence-corrected chi connectivity index (χ2v) is 9.91. The van der Waals surface area contributed by atoms with E-state index in [1.807, 2.05) is 48.5 Å². The molecule has 160 valence electrons. The van der Waals surface area contributed by atoms with E-state index in [1.165, 1.54) is 29.3 Å². The molecule has 2 aromatic carbocycles. The second kappa shape index (κ2) is 9.19. The summed E-state index contributed by atoms with van der Waals surface area (Å²) in [5.74, 6) is 0.418. The molecule has 0 spiro atoms. The molecule has 0 radical (unpaired) electrons. The highest BCUT2D eigenvalue weighted by Gasteiger charge is 2.18. The number of ether oxygens (including phenoxy) is 1. The van der Waals surface area contributed by atoms with Crippen molar-refractivity contribution in [2.75, 3.05) is 11.9 Å². The van der Waals surface area contributed by atoms with E-state index >= 15 is 0 Å². The largest absolute Gasteiger partial charge is 0.462 e. The fourth-order valence-electron chi connectivity index (χ4n) is 3.03. The number of hydrogen-bond acceptors (Lipinski definition) is 10. The number of anilines is 2. The van der Waals surface area contributed by atoms with E-state index in [-0.39, 0.29) is 6.61 Å². The van der Waals surface area contributed by atoms with Crippen molar-refractivity contribution in [3.05, 3.63) is 66.0 Å². The average Bonchev–Trinajstić information content (AvgIpc) is 3.41. The predicted molar refractivity (Wildman–Crippen MR) is 130 cm³/mol. The number of benzene rings is 2. The third kappa shape index (κ3) is 4.43. The highest BCUT2D eigenvalue weighted by molar-refractivity contribution is 8.00. The van der Waals surface area contributed by atoms with Gasteiger partial charge in [-0.2, -0.15) is 0 Å². The molecule has 0 aliphatic heterocycles. The molecule has 3 heterocycles. The zero-order valence-electron chi connectivity index (χ0n) is 16.9. The second-order valence-electron chi connectivity index (χ2n) is 6.62. The molecule has 0 atom stereocenters. The number of hydrogen-bond donors (Lipinski definition) is 1. The SMILES string of the molecule is CCOC(=O)c1cnc(Nc2nc3ccccc3s2)nc1CSc1nc2ccccc2s1. The molecule has 1 N–H and O–H groups in total. The van der Waals surface area contributed by atoms with E-state index in [0.717, 1.165) is 24.8 Å².